The van der Waals surface area contributed by atoms with Crippen molar-refractivity contribution in [3.63, 3.8) is 0 Å². The first kappa shape index (κ1) is 14.7. The predicted molar refractivity (Wildman–Crippen MR) is 97.5 cm³/mol. The maximum absolute atomic E-state index is 12.6. The minimum atomic E-state index is -0.367. The molecule has 0 saturated heterocycles. The highest BCUT2D eigenvalue weighted by atomic mass is 32.2. The highest BCUT2D eigenvalue weighted by molar-refractivity contribution is 8.16. The van der Waals surface area contributed by atoms with Crippen molar-refractivity contribution in [1.29, 1.82) is 0 Å². The Bertz CT molecular complexity index is 777. The van der Waals surface area contributed by atoms with E-state index in [2.05, 4.69) is 27.0 Å². The highest BCUT2D eigenvalue weighted by Crippen LogP contribution is 2.50. The maximum Gasteiger partial charge on any atom is 0.241 e. The third-order valence-corrected chi connectivity index (χ3v) is 6.05. The maximum atomic E-state index is 12.6. The van der Waals surface area contributed by atoms with E-state index < -0.39 is 0 Å². The van der Waals surface area contributed by atoms with Crippen molar-refractivity contribution >= 4 is 45.4 Å². The number of nitrogens with one attached hydrogen (secondary N) is 1. The van der Waals surface area contributed by atoms with Crippen LogP contribution < -0.4 is 5.32 Å². The number of hydrogen-bond acceptors (Lipinski definition) is 5. The predicted octanol–water partition coefficient (Wildman–Crippen LogP) is 4.16. The zero-order chi connectivity index (χ0) is 15.7. The quantitative estimate of drug-likeness (QED) is 0.908. The number of carbonyl (C=O) groups excluding carboxylic acids is 1. The summed E-state index contributed by atoms with van der Waals surface area (Å²) >= 11 is 3.23. The first-order valence-corrected chi connectivity index (χ1v) is 9.23. The van der Waals surface area contributed by atoms with Gasteiger partial charge in [-0.3, -0.25) is 4.79 Å². The molecule has 0 radical (unpaired) electrons. The molecule has 0 bridgehead atoms. The molecule has 116 valence electrons. The van der Waals surface area contributed by atoms with Crippen LogP contribution in [0, 0.1) is 0 Å². The van der Waals surface area contributed by atoms with Gasteiger partial charge in [-0.25, -0.2) is 0 Å². The van der Waals surface area contributed by atoms with Gasteiger partial charge in [-0.15, -0.1) is 5.10 Å². The van der Waals surface area contributed by atoms with Crippen molar-refractivity contribution in [2.75, 3.05) is 5.32 Å². The third kappa shape index (κ3) is 3.09. The van der Waals surface area contributed by atoms with Crippen LogP contribution in [0.1, 0.15) is 24.8 Å². The Morgan fingerprint density at radius 1 is 1.17 bits per heavy atom. The molecule has 2 aliphatic rings. The summed E-state index contributed by atoms with van der Waals surface area (Å²) in [6, 6.07) is 11.7. The van der Waals surface area contributed by atoms with Crippen LogP contribution in [0.25, 0.3) is 0 Å². The third-order valence-electron chi connectivity index (χ3n) is 3.92. The van der Waals surface area contributed by atoms with Crippen LogP contribution in [0.15, 0.2) is 57.4 Å². The number of carbonyl (C=O) groups is 1. The molecule has 1 aliphatic carbocycles. The Kier molecular flexibility index (Phi) is 3.79. The second kappa shape index (κ2) is 5.94. The Morgan fingerprint density at radius 2 is 2.00 bits per heavy atom. The smallest absolute Gasteiger partial charge is 0.241 e. The SMILES string of the molecule is O=C(Nc1ccccc1)C1(SC2=NN=C(c3ccsc3)C2)CC1. The van der Waals surface area contributed by atoms with E-state index in [0.717, 1.165) is 41.3 Å². The van der Waals surface area contributed by atoms with Crippen LogP contribution in [0.5, 0.6) is 0 Å². The van der Waals surface area contributed by atoms with Gasteiger partial charge in [0.15, 0.2) is 0 Å². The number of thioether (sulfide) groups is 1. The van der Waals surface area contributed by atoms with Crippen molar-refractivity contribution in [3.05, 3.63) is 52.7 Å². The minimum Gasteiger partial charge on any atom is -0.325 e. The molecule has 4 nitrogen and oxygen atoms in total. The molecule has 1 saturated carbocycles. The molecule has 1 fully saturated rings. The molecule has 2 aromatic rings. The van der Waals surface area contributed by atoms with Crippen molar-refractivity contribution in [3.8, 4) is 0 Å². The Labute approximate surface area is 142 Å². The first-order chi connectivity index (χ1) is 11.3. The fourth-order valence-corrected chi connectivity index (χ4v) is 4.31. The van der Waals surface area contributed by atoms with E-state index >= 15 is 0 Å². The van der Waals surface area contributed by atoms with Crippen LogP contribution in [0.3, 0.4) is 0 Å². The second-order valence-electron chi connectivity index (χ2n) is 5.65. The van der Waals surface area contributed by atoms with Gasteiger partial charge in [-0.05, 0) is 41.8 Å². The molecular weight excluding hydrogens is 326 g/mol. The second-order valence-corrected chi connectivity index (χ2v) is 7.88. The van der Waals surface area contributed by atoms with E-state index in [1.807, 2.05) is 35.7 Å². The largest absolute Gasteiger partial charge is 0.325 e. The summed E-state index contributed by atoms with van der Waals surface area (Å²) in [6.45, 7) is 0. The zero-order valence-corrected chi connectivity index (χ0v) is 14.0. The van der Waals surface area contributed by atoms with Gasteiger partial charge in [0.05, 0.1) is 5.71 Å². The normalized spacial score (nSPS) is 18.3. The minimum absolute atomic E-state index is 0.0698. The molecule has 1 aliphatic heterocycles. The van der Waals surface area contributed by atoms with Crippen LogP contribution >= 0.6 is 23.1 Å². The summed E-state index contributed by atoms with van der Waals surface area (Å²) < 4.78 is -0.367. The lowest BCUT2D eigenvalue weighted by atomic mass is 10.2. The molecule has 0 atom stereocenters. The number of para-hydroxylation sites is 1. The lowest BCUT2D eigenvalue weighted by Crippen LogP contribution is -2.28. The number of thiophene rings is 1. The van der Waals surface area contributed by atoms with E-state index in [1.165, 1.54) is 0 Å². The summed E-state index contributed by atoms with van der Waals surface area (Å²) in [6.07, 6.45) is 2.51. The van der Waals surface area contributed by atoms with Gasteiger partial charge in [-0.1, -0.05) is 30.0 Å². The number of anilines is 1. The number of hydrogen-bond donors (Lipinski definition) is 1. The van der Waals surface area contributed by atoms with Gasteiger partial charge in [0.25, 0.3) is 0 Å². The van der Waals surface area contributed by atoms with Gasteiger partial charge >= 0.3 is 0 Å². The molecule has 4 rings (SSSR count). The lowest BCUT2D eigenvalue weighted by Gasteiger charge is -2.14. The number of rotatable bonds is 4. The van der Waals surface area contributed by atoms with Crippen LogP contribution in [0.4, 0.5) is 5.69 Å². The average molecular weight is 341 g/mol. The number of benzene rings is 1. The average Bonchev–Trinajstić information content (AvgIpc) is 2.98. The Hall–Kier alpha value is -1.92. The van der Waals surface area contributed by atoms with Crippen molar-refractivity contribution in [1.82, 2.24) is 0 Å². The summed E-state index contributed by atoms with van der Waals surface area (Å²) in [5.41, 5.74) is 2.97. The van der Waals surface area contributed by atoms with Crippen LogP contribution in [0.2, 0.25) is 0 Å². The van der Waals surface area contributed by atoms with Crippen LogP contribution in [-0.4, -0.2) is 21.4 Å². The van der Waals surface area contributed by atoms with E-state index in [0.29, 0.717) is 0 Å². The molecule has 1 amide bonds. The Balaban J connectivity index is 1.39. The fraction of sp³-hybridized carbons (Fsp3) is 0.235. The molecule has 6 heteroatoms. The zero-order valence-electron chi connectivity index (χ0n) is 12.4. The van der Waals surface area contributed by atoms with E-state index in [9.17, 15) is 4.79 Å². The van der Waals surface area contributed by atoms with Crippen molar-refractivity contribution < 1.29 is 4.79 Å². The van der Waals surface area contributed by atoms with E-state index in [-0.39, 0.29) is 10.7 Å². The molecule has 1 aromatic heterocycles. The molecule has 2 heterocycles. The molecule has 0 unspecified atom stereocenters. The van der Waals surface area contributed by atoms with Gasteiger partial charge < -0.3 is 5.32 Å². The van der Waals surface area contributed by atoms with Gasteiger partial charge in [0, 0.05) is 17.7 Å². The monoisotopic (exact) mass is 341 g/mol. The topological polar surface area (TPSA) is 53.8 Å². The molecule has 0 spiro atoms. The molecular formula is C17H15N3OS2. The standard InChI is InChI=1S/C17H15N3OS2/c21-16(18-13-4-2-1-3-5-13)17(7-8-17)23-15-10-14(19-20-15)12-6-9-22-11-12/h1-6,9,11H,7-8,10H2,(H,18,21). The Morgan fingerprint density at radius 3 is 2.70 bits per heavy atom. The number of nitrogens with zero attached hydrogens (tertiary/aromatic N) is 2. The first-order valence-electron chi connectivity index (χ1n) is 7.47. The van der Waals surface area contributed by atoms with Crippen molar-refractivity contribution in [2.24, 2.45) is 10.2 Å². The van der Waals surface area contributed by atoms with Crippen LogP contribution in [-0.2, 0) is 4.79 Å². The van der Waals surface area contributed by atoms with Gasteiger partial charge in [0.1, 0.15) is 9.79 Å². The van der Waals surface area contributed by atoms with E-state index in [4.69, 9.17) is 0 Å². The summed E-state index contributed by atoms with van der Waals surface area (Å²) in [7, 11) is 0. The summed E-state index contributed by atoms with van der Waals surface area (Å²) in [5, 5.41) is 16.6. The van der Waals surface area contributed by atoms with Gasteiger partial charge in [0.2, 0.25) is 5.91 Å². The van der Waals surface area contributed by atoms with E-state index in [1.54, 1.807) is 23.1 Å². The van der Waals surface area contributed by atoms with Gasteiger partial charge in [-0.2, -0.15) is 16.4 Å². The molecule has 23 heavy (non-hydrogen) atoms. The molecule has 1 aromatic carbocycles. The molecule has 1 N–H and O–H groups in total. The number of amides is 1. The van der Waals surface area contributed by atoms with Crippen molar-refractivity contribution in [2.45, 2.75) is 24.0 Å². The highest BCUT2D eigenvalue weighted by Gasteiger charge is 2.52. The summed E-state index contributed by atoms with van der Waals surface area (Å²) in [5.74, 6) is 0.0698. The fourth-order valence-electron chi connectivity index (χ4n) is 2.46. The lowest BCUT2D eigenvalue weighted by molar-refractivity contribution is -0.116. The summed E-state index contributed by atoms with van der Waals surface area (Å²) in [4.78, 5) is 12.6.